The molecule has 0 unspecified atom stereocenters. The number of methoxy groups -OCH3 is 1. The largest absolute Gasteiger partial charge is 0.385 e. The maximum Gasteiger partial charge on any atom is 0.157 e. The summed E-state index contributed by atoms with van der Waals surface area (Å²) in [5.41, 5.74) is 2.24. The number of benzene rings is 1. The van der Waals surface area contributed by atoms with E-state index in [0.717, 1.165) is 31.2 Å². The SMILES string of the molecule is COCCCCS(=O)(=O)[C@H]1CCCc2ccccc21. The zero-order chi connectivity index (χ0) is 13.7. The molecule has 0 spiro atoms. The lowest BCUT2D eigenvalue weighted by Gasteiger charge is -2.25. The summed E-state index contributed by atoms with van der Waals surface area (Å²) in [6.45, 7) is 0.636. The summed E-state index contributed by atoms with van der Waals surface area (Å²) in [4.78, 5) is 0. The van der Waals surface area contributed by atoms with E-state index in [2.05, 4.69) is 6.07 Å². The average Bonchev–Trinajstić information content (AvgIpc) is 2.43. The molecule has 0 radical (unpaired) electrons. The summed E-state index contributed by atoms with van der Waals surface area (Å²) in [6, 6.07) is 7.97. The monoisotopic (exact) mass is 282 g/mol. The predicted octanol–water partition coefficient (Wildman–Crippen LogP) is 2.91. The lowest BCUT2D eigenvalue weighted by molar-refractivity contribution is 0.194. The minimum Gasteiger partial charge on any atom is -0.385 e. The number of hydrogen-bond acceptors (Lipinski definition) is 3. The van der Waals surface area contributed by atoms with Crippen LogP contribution in [0.1, 0.15) is 42.1 Å². The third-order valence-electron chi connectivity index (χ3n) is 3.78. The number of hydrogen-bond donors (Lipinski definition) is 0. The first-order chi connectivity index (χ1) is 9.15. The Labute approximate surface area is 115 Å². The summed E-state index contributed by atoms with van der Waals surface area (Å²) in [7, 11) is -1.39. The first-order valence-electron chi connectivity index (χ1n) is 6.93. The molecule has 0 N–H and O–H groups in total. The Morgan fingerprint density at radius 2 is 2.05 bits per heavy atom. The first-order valence-corrected chi connectivity index (χ1v) is 8.65. The van der Waals surface area contributed by atoms with Crippen LogP contribution in [0.5, 0.6) is 0 Å². The molecule has 0 amide bonds. The van der Waals surface area contributed by atoms with Crippen LogP contribution in [0.4, 0.5) is 0 Å². The van der Waals surface area contributed by atoms with Gasteiger partial charge in [-0.25, -0.2) is 8.42 Å². The van der Waals surface area contributed by atoms with Gasteiger partial charge < -0.3 is 4.74 Å². The third kappa shape index (κ3) is 3.57. The van der Waals surface area contributed by atoms with E-state index in [-0.39, 0.29) is 11.0 Å². The highest BCUT2D eigenvalue weighted by molar-refractivity contribution is 7.91. The van der Waals surface area contributed by atoms with Gasteiger partial charge >= 0.3 is 0 Å². The maximum atomic E-state index is 12.5. The van der Waals surface area contributed by atoms with E-state index in [1.165, 1.54) is 5.56 Å². The minimum absolute atomic E-state index is 0.273. The van der Waals surface area contributed by atoms with Crippen LogP contribution in [0.2, 0.25) is 0 Å². The Hall–Kier alpha value is -0.870. The highest BCUT2D eigenvalue weighted by atomic mass is 32.2. The molecular weight excluding hydrogens is 260 g/mol. The van der Waals surface area contributed by atoms with Crippen molar-refractivity contribution < 1.29 is 13.2 Å². The predicted molar refractivity (Wildman–Crippen MR) is 77.0 cm³/mol. The van der Waals surface area contributed by atoms with Crippen LogP contribution in [-0.4, -0.2) is 27.9 Å². The number of rotatable bonds is 6. The topological polar surface area (TPSA) is 43.4 Å². The standard InChI is InChI=1S/C15H22O3S/c1-18-11-4-5-12-19(16,17)15-10-6-8-13-7-2-3-9-14(13)15/h2-3,7,9,15H,4-6,8,10-12H2,1H3/t15-/m0/s1. The van der Waals surface area contributed by atoms with Crippen molar-refractivity contribution in [1.29, 1.82) is 0 Å². The average molecular weight is 282 g/mol. The van der Waals surface area contributed by atoms with Crippen LogP contribution in [0.25, 0.3) is 0 Å². The molecule has 3 nitrogen and oxygen atoms in total. The smallest absolute Gasteiger partial charge is 0.157 e. The molecule has 0 saturated carbocycles. The van der Waals surface area contributed by atoms with E-state index in [9.17, 15) is 8.42 Å². The number of fused-ring (bicyclic) bond motifs is 1. The van der Waals surface area contributed by atoms with Gasteiger partial charge in [-0.1, -0.05) is 24.3 Å². The summed E-state index contributed by atoms with van der Waals surface area (Å²) in [6.07, 6.45) is 4.24. The molecule has 0 saturated heterocycles. The van der Waals surface area contributed by atoms with E-state index in [4.69, 9.17) is 4.74 Å². The molecule has 0 bridgehead atoms. The number of ether oxygens (including phenoxy) is 1. The summed E-state index contributed by atoms with van der Waals surface area (Å²) in [5.74, 6) is 0.273. The fraction of sp³-hybridized carbons (Fsp3) is 0.600. The second-order valence-corrected chi connectivity index (χ2v) is 7.45. The fourth-order valence-electron chi connectivity index (χ4n) is 2.77. The van der Waals surface area contributed by atoms with E-state index in [1.807, 2.05) is 18.2 Å². The molecule has 0 aromatic heterocycles. The van der Waals surface area contributed by atoms with Crippen molar-refractivity contribution in [2.24, 2.45) is 0 Å². The van der Waals surface area contributed by atoms with Gasteiger partial charge in [-0.3, -0.25) is 0 Å². The number of aryl methyl sites for hydroxylation is 1. The van der Waals surface area contributed by atoms with Gasteiger partial charge in [0, 0.05) is 13.7 Å². The van der Waals surface area contributed by atoms with Crippen molar-refractivity contribution in [2.75, 3.05) is 19.5 Å². The lowest BCUT2D eigenvalue weighted by Crippen LogP contribution is -2.21. The second-order valence-electron chi connectivity index (χ2n) is 5.15. The molecule has 1 aromatic rings. The molecule has 4 heteroatoms. The van der Waals surface area contributed by atoms with E-state index in [0.29, 0.717) is 13.0 Å². The quantitative estimate of drug-likeness (QED) is 0.754. The Bertz CT molecular complexity index is 508. The van der Waals surface area contributed by atoms with E-state index in [1.54, 1.807) is 7.11 Å². The van der Waals surface area contributed by atoms with Gasteiger partial charge in [0.25, 0.3) is 0 Å². The van der Waals surface area contributed by atoms with Crippen LogP contribution in [0.15, 0.2) is 24.3 Å². The van der Waals surface area contributed by atoms with Crippen molar-refractivity contribution in [3.63, 3.8) is 0 Å². The normalized spacial score (nSPS) is 19.1. The first kappa shape index (κ1) is 14.5. The summed E-state index contributed by atoms with van der Waals surface area (Å²) < 4.78 is 29.9. The van der Waals surface area contributed by atoms with Gasteiger partial charge in [0.1, 0.15) is 0 Å². The Kier molecular flexibility index (Phi) is 4.99. The molecule has 0 aliphatic heterocycles. The highest BCUT2D eigenvalue weighted by Crippen LogP contribution is 2.36. The van der Waals surface area contributed by atoms with Crippen LogP contribution in [-0.2, 0) is 21.0 Å². The fourth-order valence-corrected chi connectivity index (χ4v) is 4.81. The molecule has 106 valence electrons. The van der Waals surface area contributed by atoms with E-state index < -0.39 is 9.84 Å². The van der Waals surface area contributed by atoms with Gasteiger partial charge in [-0.15, -0.1) is 0 Å². The van der Waals surface area contributed by atoms with Crippen molar-refractivity contribution in [3.8, 4) is 0 Å². The van der Waals surface area contributed by atoms with Gasteiger partial charge in [0.05, 0.1) is 11.0 Å². The molecule has 1 aliphatic rings. The van der Waals surface area contributed by atoms with Crippen LogP contribution in [0, 0.1) is 0 Å². The minimum atomic E-state index is -3.03. The second kappa shape index (κ2) is 6.53. The van der Waals surface area contributed by atoms with Crippen LogP contribution >= 0.6 is 0 Å². The van der Waals surface area contributed by atoms with Crippen molar-refractivity contribution >= 4 is 9.84 Å². The van der Waals surface area contributed by atoms with E-state index >= 15 is 0 Å². The lowest BCUT2D eigenvalue weighted by atomic mass is 9.91. The van der Waals surface area contributed by atoms with Gasteiger partial charge in [0.2, 0.25) is 0 Å². The van der Waals surface area contributed by atoms with Crippen LogP contribution < -0.4 is 0 Å². The Balaban J connectivity index is 2.09. The highest BCUT2D eigenvalue weighted by Gasteiger charge is 2.30. The molecular formula is C15H22O3S. The molecule has 19 heavy (non-hydrogen) atoms. The zero-order valence-electron chi connectivity index (χ0n) is 11.5. The molecule has 1 atom stereocenters. The van der Waals surface area contributed by atoms with Gasteiger partial charge in [0.15, 0.2) is 9.84 Å². The van der Waals surface area contributed by atoms with Crippen LogP contribution in [0.3, 0.4) is 0 Å². The molecule has 0 fully saturated rings. The van der Waals surface area contributed by atoms with Crippen molar-refractivity contribution in [1.82, 2.24) is 0 Å². The molecule has 2 rings (SSSR count). The molecule has 1 aromatic carbocycles. The number of sulfone groups is 1. The van der Waals surface area contributed by atoms with Crippen molar-refractivity contribution in [3.05, 3.63) is 35.4 Å². The van der Waals surface area contributed by atoms with Gasteiger partial charge in [-0.2, -0.15) is 0 Å². The molecule has 0 heterocycles. The number of unbranched alkanes of at least 4 members (excludes halogenated alkanes) is 1. The van der Waals surface area contributed by atoms with Crippen molar-refractivity contribution in [2.45, 2.75) is 37.4 Å². The maximum absolute atomic E-state index is 12.5. The zero-order valence-corrected chi connectivity index (χ0v) is 12.3. The Morgan fingerprint density at radius 3 is 2.84 bits per heavy atom. The third-order valence-corrected chi connectivity index (χ3v) is 5.99. The Morgan fingerprint density at radius 1 is 1.26 bits per heavy atom. The summed E-state index contributed by atoms with van der Waals surface area (Å²) in [5, 5.41) is -0.292. The van der Waals surface area contributed by atoms with Gasteiger partial charge in [-0.05, 0) is 43.2 Å². The molecule has 1 aliphatic carbocycles. The summed E-state index contributed by atoms with van der Waals surface area (Å²) >= 11 is 0.